The smallest absolute Gasteiger partial charge is 0.148 e. The summed E-state index contributed by atoms with van der Waals surface area (Å²) in [6.45, 7) is 6.59. The minimum absolute atomic E-state index is 0.00508. The van der Waals surface area contributed by atoms with Crippen LogP contribution in [0.15, 0.2) is 0 Å². The van der Waals surface area contributed by atoms with E-state index in [2.05, 4.69) is 6.92 Å². The third kappa shape index (κ3) is 7.16. The summed E-state index contributed by atoms with van der Waals surface area (Å²) < 4.78 is 12.7. The quantitative estimate of drug-likeness (QED) is 0.378. The van der Waals surface area contributed by atoms with Crippen molar-refractivity contribution in [3.8, 4) is 0 Å². The molecule has 0 amide bonds. The molecule has 0 aliphatic carbocycles. The lowest BCUT2D eigenvalue weighted by molar-refractivity contribution is -0.134. The molecule has 0 fully saturated rings. The second-order valence-corrected chi connectivity index (χ2v) is 6.39. The highest BCUT2D eigenvalue weighted by Gasteiger charge is 2.30. The van der Waals surface area contributed by atoms with Crippen molar-refractivity contribution >= 4 is 11.6 Å². The molecule has 0 saturated heterocycles. The van der Waals surface area contributed by atoms with E-state index in [1.54, 1.807) is 13.8 Å². The molecule has 0 bridgehead atoms. The molecular formula is C17H31FO2. The van der Waals surface area contributed by atoms with Gasteiger partial charge < -0.3 is 0 Å². The molecular weight excluding hydrogens is 255 g/mol. The Kier molecular flexibility index (Phi) is 9.70. The summed E-state index contributed by atoms with van der Waals surface area (Å²) in [5.74, 6) is -0.306. The van der Waals surface area contributed by atoms with Gasteiger partial charge in [0.05, 0.1) is 11.8 Å². The maximum absolute atomic E-state index is 12.7. The van der Waals surface area contributed by atoms with Crippen LogP contribution in [0, 0.1) is 11.3 Å². The Morgan fingerprint density at radius 1 is 1.05 bits per heavy atom. The number of rotatable bonds is 12. The molecule has 0 spiro atoms. The number of carbonyl (C=O) groups is 2. The van der Waals surface area contributed by atoms with Gasteiger partial charge in [0.15, 0.2) is 0 Å². The molecule has 0 rings (SSSR count). The molecule has 20 heavy (non-hydrogen) atoms. The van der Waals surface area contributed by atoms with Gasteiger partial charge in [0.25, 0.3) is 0 Å². The molecule has 1 atom stereocenters. The molecule has 3 heteroatoms. The number of carbonyl (C=O) groups excluding carboxylic acids is 2. The molecule has 0 aromatic rings. The van der Waals surface area contributed by atoms with Gasteiger partial charge in [-0.25, -0.2) is 0 Å². The topological polar surface area (TPSA) is 34.1 Å². The molecule has 0 saturated carbocycles. The lowest BCUT2D eigenvalue weighted by atomic mass is 9.83. The van der Waals surface area contributed by atoms with Gasteiger partial charge in [-0.15, -0.1) is 0 Å². The molecule has 0 N–H and O–H groups in total. The summed E-state index contributed by atoms with van der Waals surface area (Å²) in [4.78, 5) is 24.0. The molecule has 0 aliphatic rings. The minimum Gasteiger partial charge on any atom is -0.299 e. The number of halogens is 1. The third-order valence-electron chi connectivity index (χ3n) is 4.03. The summed E-state index contributed by atoms with van der Waals surface area (Å²) >= 11 is 0. The first kappa shape index (κ1) is 19.3. The van der Waals surface area contributed by atoms with E-state index in [4.69, 9.17) is 0 Å². The van der Waals surface area contributed by atoms with E-state index in [1.165, 1.54) is 19.3 Å². The monoisotopic (exact) mass is 286 g/mol. The first-order valence-electron chi connectivity index (χ1n) is 8.01. The van der Waals surface area contributed by atoms with E-state index in [-0.39, 0.29) is 23.9 Å². The van der Waals surface area contributed by atoms with E-state index >= 15 is 0 Å². The Hall–Kier alpha value is -0.730. The van der Waals surface area contributed by atoms with Gasteiger partial charge >= 0.3 is 0 Å². The Morgan fingerprint density at radius 2 is 1.65 bits per heavy atom. The van der Waals surface area contributed by atoms with Crippen molar-refractivity contribution in [2.45, 2.75) is 79.1 Å². The molecule has 0 aromatic heterocycles. The lowest BCUT2D eigenvalue weighted by Crippen LogP contribution is -2.30. The molecule has 0 radical (unpaired) electrons. The molecule has 118 valence electrons. The Labute approximate surface area is 123 Å². The molecule has 1 unspecified atom stereocenters. The molecule has 2 nitrogen and oxygen atoms in total. The van der Waals surface area contributed by atoms with Crippen LogP contribution >= 0.6 is 0 Å². The zero-order valence-electron chi connectivity index (χ0n) is 13.6. The van der Waals surface area contributed by atoms with Crippen molar-refractivity contribution < 1.29 is 14.0 Å². The predicted octanol–water partition coefficient (Wildman–Crippen LogP) is 4.90. The second kappa shape index (κ2) is 10.1. The molecule has 0 aromatic carbocycles. The number of alkyl halides is 1. The maximum atomic E-state index is 12.7. The summed E-state index contributed by atoms with van der Waals surface area (Å²) in [7, 11) is 0. The second-order valence-electron chi connectivity index (χ2n) is 6.39. The SMILES string of the molecule is CCCCCCCC(CC)C(=O)CC(=O)C(C)(C)CF. The summed E-state index contributed by atoms with van der Waals surface area (Å²) in [6, 6.07) is 0. The van der Waals surface area contributed by atoms with Crippen LogP contribution in [0.4, 0.5) is 4.39 Å². The Morgan fingerprint density at radius 3 is 2.15 bits per heavy atom. The van der Waals surface area contributed by atoms with Crippen LogP contribution in [0.5, 0.6) is 0 Å². The molecule has 0 aliphatic heterocycles. The first-order chi connectivity index (χ1) is 9.38. The predicted molar refractivity (Wildman–Crippen MR) is 81.5 cm³/mol. The van der Waals surface area contributed by atoms with E-state index in [9.17, 15) is 14.0 Å². The van der Waals surface area contributed by atoms with E-state index in [0.29, 0.717) is 0 Å². The maximum Gasteiger partial charge on any atom is 0.148 e. The minimum atomic E-state index is -1.02. The van der Waals surface area contributed by atoms with Crippen molar-refractivity contribution in [3.05, 3.63) is 0 Å². The van der Waals surface area contributed by atoms with Gasteiger partial charge in [-0.05, 0) is 12.8 Å². The van der Waals surface area contributed by atoms with Crippen molar-refractivity contribution in [2.75, 3.05) is 6.67 Å². The number of hydrogen-bond donors (Lipinski definition) is 0. The van der Waals surface area contributed by atoms with Gasteiger partial charge in [-0.3, -0.25) is 14.0 Å². The zero-order valence-corrected chi connectivity index (χ0v) is 13.6. The highest BCUT2D eigenvalue weighted by atomic mass is 19.1. The van der Waals surface area contributed by atoms with Crippen molar-refractivity contribution in [1.82, 2.24) is 0 Å². The lowest BCUT2D eigenvalue weighted by Gasteiger charge is -2.20. The van der Waals surface area contributed by atoms with Crippen molar-refractivity contribution in [2.24, 2.45) is 11.3 Å². The van der Waals surface area contributed by atoms with Crippen molar-refractivity contribution in [3.63, 3.8) is 0 Å². The van der Waals surface area contributed by atoms with Gasteiger partial charge in [0.1, 0.15) is 18.2 Å². The fraction of sp³-hybridized carbons (Fsp3) is 0.882. The summed E-state index contributed by atoms with van der Waals surface area (Å²) in [5, 5.41) is 0. The van der Waals surface area contributed by atoms with Crippen LogP contribution in [-0.4, -0.2) is 18.2 Å². The van der Waals surface area contributed by atoms with Gasteiger partial charge in [-0.2, -0.15) is 0 Å². The fourth-order valence-corrected chi connectivity index (χ4v) is 2.20. The molecule has 0 heterocycles. The van der Waals surface area contributed by atoms with E-state index in [0.717, 1.165) is 25.7 Å². The van der Waals surface area contributed by atoms with Gasteiger partial charge in [0.2, 0.25) is 0 Å². The zero-order chi connectivity index (χ0) is 15.6. The van der Waals surface area contributed by atoms with Crippen LogP contribution in [0.3, 0.4) is 0 Å². The number of hydrogen-bond acceptors (Lipinski definition) is 2. The van der Waals surface area contributed by atoms with Gasteiger partial charge in [0, 0.05) is 5.92 Å². The number of ketones is 2. The largest absolute Gasteiger partial charge is 0.299 e. The number of Topliss-reactive ketones (excluding diaryl/α,β-unsaturated/α-hetero) is 2. The summed E-state index contributed by atoms with van der Waals surface area (Å²) in [6.07, 6.45) is 7.40. The van der Waals surface area contributed by atoms with Crippen molar-refractivity contribution in [1.29, 1.82) is 0 Å². The van der Waals surface area contributed by atoms with Crippen LogP contribution < -0.4 is 0 Å². The Balaban J connectivity index is 4.17. The fourth-order valence-electron chi connectivity index (χ4n) is 2.20. The van der Waals surface area contributed by atoms with Crippen LogP contribution in [-0.2, 0) is 9.59 Å². The van der Waals surface area contributed by atoms with E-state index in [1.807, 2.05) is 6.92 Å². The average molecular weight is 286 g/mol. The third-order valence-corrected chi connectivity index (χ3v) is 4.03. The van der Waals surface area contributed by atoms with Crippen LogP contribution in [0.1, 0.15) is 79.1 Å². The normalized spacial score (nSPS) is 13.2. The first-order valence-corrected chi connectivity index (χ1v) is 8.01. The van der Waals surface area contributed by atoms with E-state index < -0.39 is 12.1 Å². The van der Waals surface area contributed by atoms with Gasteiger partial charge in [-0.1, -0.05) is 59.8 Å². The highest BCUT2D eigenvalue weighted by molar-refractivity contribution is 6.02. The number of unbranched alkanes of at least 4 members (excludes halogenated alkanes) is 4. The standard InChI is InChI=1S/C17H31FO2/c1-5-7-8-9-10-11-14(6-2)15(19)12-16(20)17(3,4)13-18/h14H,5-13H2,1-4H3. The van der Waals surface area contributed by atoms with Crippen LogP contribution in [0.25, 0.3) is 0 Å². The average Bonchev–Trinajstić information content (AvgIpc) is 2.42. The summed E-state index contributed by atoms with van der Waals surface area (Å²) in [5.41, 5.74) is -1.02. The van der Waals surface area contributed by atoms with Crippen LogP contribution in [0.2, 0.25) is 0 Å². The Bertz CT molecular complexity index is 297. The highest BCUT2D eigenvalue weighted by Crippen LogP contribution is 2.23.